The number of carbonyl (C=O) groups is 2. The lowest BCUT2D eigenvalue weighted by atomic mass is 9.71. The van der Waals surface area contributed by atoms with Crippen LogP contribution >= 0.6 is 15.9 Å². The van der Waals surface area contributed by atoms with Crippen LogP contribution in [0.15, 0.2) is 34.8 Å². The highest BCUT2D eigenvalue weighted by molar-refractivity contribution is 9.10. The van der Waals surface area contributed by atoms with Gasteiger partial charge in [-0.15, -0.1) is 0 Å². The number of amides is 1. The molecule has 7 heteroatoms. The third-order valence-corrected chi connectivity index (χ3v) is 4.97. The van der Waals surface area contributed by atoms with Gasteiger partial charge in [-0.05, 0) is 30.9 Å². The van der Waals surface area contributed by atoms with Gasteiger partial charge in [0.2, 0.25) is 0 Å². The van der Waals surface area contributed by atoms with E-state index in [0.717, 1.165) is 29.3 Å². The molecule has 1 aliphatic rings. The Balaban J connectivity index is 1.89. The van der Waals surface area contributed by atoms with Crippen LogP contribution in [0.5, 0.6) is 0 Å². The zero-order valence-corrected chi connectivity index (χ0v) is 14.1. The Labute approximate surface area is 141 Å². The smallest absolute Gasteiger partial charge is 0.356 e. The molecule has 23 heavy (non-hydrogen) atoms. The van der Waals surface area contributed by atoms with Crippen LogP contribution in [0.1, 0.15) is 45.8 Å². The van der Waals surface area contributed by atoms with Gasteiger partial charge in [-0.25, -0.2) is 4.79 Å². The third kappa shape index (κ3) is 2.76. The molecule has 1 fully saturated rings. The fraction of sp³-hybridized carbons (Fsp3) is 0.312. The van der Waals surface area contributed by atoms with Gasteiger partial charge in [-0.2, -0.15) is 5.10 Å². The molecule has 120 valence electrons. The standard InChI is InChI=1S/C16H16BrN3O3/c1-20-13(9-12(19-20)15(22)23)14(21)18-16(7-4-8-16)10-5-2-3-6-11(10)17/h2-3,5-6,9H,4,7-8H2,1H3,(H,18,21)(H,22,23). The number of nitrogens with one attached hydrogen (secondary N) is 1. The molecule has 3 rings (SSSR count). The second kappa shape index (κ2) is 5.81. The molecule has 1 aromatic heterocycles. The largest absolute Gasteiger partial charge is 0.476 e. The number of carbonyl (C=O) groups excluding carboxylic acids is 1. The van der Waals surface area contributed by atoms with Crippen molar-refractivity contribution in [3.05, 3.63) is 51.8 Å². The predicted molar refractivity (Wildman–Crippen MR) is 87.3 cm³/mol. The van der Waals surface area contributed by atoms with Crippen molar-refractivity contribution >= 4 is 27.8 Å². The average Bonchev–Trinajstić information content (AvgIpc) is 2.86. The lowest BCUT2D eigenvalue weighted by Gasteiger charge is -2.43. The lowest BCUT2D eigenvalue weighted by molar-refractivity contribution is 0.0689. The van der Waals surface area contributed by atoms with E-state index in [2.05, 4.69) is 26.3 Å². The minimum Gasteiger partial charge on any atom is -0.476 e. The Morgan fingerprint density at radius 1 is 1.35 bits per heavy atom. The van der Waals surface area contributed by atoms with E-state index < -0.39 is 11.5 Å². The first-order valence-electron chi connectivity index (χ1n) is 7.28. The molecular formula is C16H16BrN3O3. The van der Waals surface area contributed by atoms with Gasteiger partial charge in [0.05, 0.1) is 5.54 Å². The van der Waals surface area contributed by atoms with E-state index in [4.69, 9.17) is 5.11 Å². The Hall–Kier alpha value is -2.15. The molecule has 6 nitrogen and oxygen atoms in total. The van der Waals surface area contributed by atoms with Crippen LogP contribution in [0.4, 0.5) is 0 Å². The fourth-order valence-electron chi connectivity index (χ4n) is 2.91. The van der Waals surface area contributed by atoms with Gasteiger partial charge in [0, 0.05) is 17.6 Å². The number of benzene rings is 1. The van der Waals surface area contributed by atoms with Crippen molar-refractivity contribution in [2.75, 3.05) is 0 Å². The summed E-state index contributed by atoms with van der Waals surface area (Å²) >= 11 is 3.54. The molecule has 0 atom stereocenters. The van der Waals surface area contributed by atoms with Crippen LogP contribution < -0.4 is 5.32 Å². The van der Waals surface area contributed by atoms with Crippen LogP contribution in [-0.2, 0) is 12.6 Å². The van der Waals surface area contributed by atoms with Gasteiger partial charge in [-0.1, -0.05) is 34.1 Å². The summed E-state index contributed by atoms with van der Waals surface area (Å²) in [7, 11) is 1.56. The van der Waals surface area contributed by atoms with Gasteiger partial charge < -0.3 is 10.4 Å². The van der Waals surface area contributed by atoms with Gasteiger partial charge in [0.1, 0.15) is 5.69 Å². The number of aromatic carboxylic acids is 1. The first-order chi connectivity index (χ1) is 10.9. The molecule has 0 radical (unpaired) electrons. The monoisotopic (exact) mass is 377 g/mol. The highest BCUT2D eigenvalue weighted by Gasteiger charge is 2.41. The number of carboxylic acid groups (broad SMARTS) is 1. The number of aromatic nitrogens is 2. The highest BCUT2D eigenvalue weighted by Crippen LogP contribution is 2.44. The van der Waals surface area contributed by atoms with Crippen LogP contribution in [0.25, 0.3) is 0 Å². The van der Waals surface area contributed by atoms with Crippen LogP contribution in [-0.4, -0.2) is 26.8 Å². The summed E-state index contributed by atoms with van der Waals surface area (Å²) in [6, 6.07) is 9.12. The number of halogens is 1. The topological polar surface area (TPSA) is 84.2 Å². The molecule has 1 saturated carbocycles. The predicted octanol–water partition coefficient (Wildman–Crippen LogP) is 2.69. The minimum atomic E-state index is -1.15. The Morgan fingerprint density at radius 2 is 2.04 bits per heavy atom. The van der Waals surface area contributed by atoms with Crippen molar-refractivity contribution in [3.63, 3.8) is 0 Å². The van der Waals surface area contributed by atoms with E-state index in [9.17, 15) is 9.59 Å². The van der Waals surface area contributed by atoms with Gasteiger partial charge >= 0.3 is 5.97 Å². The number of nitrogens with zero attached hydrogens (tertiary/aromatic N) is 2. The Morgan fingerprint density at radius 3 is 2.57 bits per heavy atom. The van der Waals surface area contributed by atoms with Crippen molar-refractivity contribution < 1.29 is 14.7 Å². The summed E-state index contributed by atoms with van der Waals surface area (Å²) in [6.07, 6.45) is 2.74. The van der Waals surface area contributed by atoms with Crippen LogP contribution in [0, 0.1) is 0 Å². The van der Waals surface area contributed by atoms with E-state index in [0.29, 0.717) is 0 Å². The van der Waals surface area contributed by atoms with Gasteiger partial charge in [0.15, 0.2) is 5.69 Å². The first-order valence-corrected chi connectivity index (χ1v) is 8.07. The fourth-order valence-corrected chi connectivity index (χ4v) is 3.57. The maximum atomic E-state index is 12.6. The number of hydrogen-bond donors (Lipinski definition) is 2. The summed E-state index contributed by atoms with van der Waals surface area (Å²) in [5.74, 6) is -1.47. The summed E-state index contributed by atoms with van der Waals surface area (Å²) in [4.78, 5) is 23.6. The van der Waals surface area contributed by atoms with E-state index in [1.54, 1.807) is 7.05 Å². The molecular weight excluding hydrogens is 362 g/mol. The second-order valence-electron chi connectivity index (χ2n) is 5.71. The summed E-state index contributed by atoms with van der Waals surface area (Å²) in [6.45, 7) is 0. The van der Waals surface area contributed by atoms with E-state index in [1.807, 2.05) is 24.3 Å². The second-order valence-corrected chi connectivity index (χ2v) is 6.57. The molecule has 0 aliphatic heterocycles. The molecule has 0 unspecified atom stereocenters. The molecule has 1 heterocycles. The van der Waals surface area contributed by atoms with Crippen molar-refractivity contribution in [2.45, 2.75) is 24.8 Å². The molecule has 0 spiro atoms. The van der Waals surface area contributed by atoms with Crippen LogP contribution in [0.3, 0.4) is 0 Å². The van der Waals surface area contributed by atoms with Crippen molar-refractivity contribution in [1.82, 2.24) is 15.1 Å². The lowest BCUT2D eigenvalue weighted by Crippen LogP contribution is -2.51. The average molecular weight is 378 g/mol. The summed E-state index contributed by atoms with van der Waals surface area (Å²) < 4.78 is 2.25. The molecule has 1 aromatic carbocycles. The summed E-state index contributed by atoms with van der Waals surface area (Å²) in [5.41, 5.74) is 0.729. The van der Waals surface area contributed by atoms with Crippen molar-refractivity contribution in [1.29, 1.82) is 0 Å². The normalized spacial score (nSPS) is 15.7. The zero-order valence-electron chi connectivity index (χ0n) is 12.5. The highest BCUT2D eigenvalue weighted by atomic mass is 79.9. The Kier molecular flexibility index (Phi) is 3.97. The molecule has 2 N–H and O–H groups in total. The van der Waals surface area contributed by atoms with Gasteiger partial charge in [0.25, 0.3) is 5.91 Å². The number of hydrogen-bond acceptors (Lipinski definition) is 3. The number of rotatable bonds is 4. The molecule has 1 amide bonds. The van der Waals surface area contributed by atoms with Crippen molar-refractivity contribution in [2.24, 2.45) is 7.05 Å². The van der Waals surface area contributed by atoms with E-state index in [1.165, 1.54) is 10.7 Å². The molecule has 0 saturated heterocycles. The number of carboxylic acids is 1. The SMILES string of the molecule is Cn1nc(C(=O)O)cc1C(=O)NC1(c2ccccc2Br)CCC1. The van der Waals surface area contributed by atoms with Crippen molar-refractivity contribution in [3.8, 4) is 0 Å². The minimum absolute atomic E-state index is 0.138. The Bertz CT molecular complexity index is 781. The molecule has 1 aliphatic carbocycles. The molecule has 0 bridgehead atoms. The zero-order chi connectivity index (χ0) is 16.6. The maximum Gasteiger partial charge on any atom is 0.356 e. The van der Waals surface area contributed by atoms with Crippen LogP contribution in [0.2, 0.25) is 0 Å². The third-order valence-electron chi connectivity index (χ3n) is 4.28. The van der Waals surface area contributed by atoms with E-state index in [-0.39, 0.29) is 17.3 Å². The number of aryl methyl sites for hydroxylation is 1. The summed E-state index contributed by atoms with van der Waals surface area (Å²) in [5, 5.41) is 15.9. The molecule has 2 aromatic rings. The van der Waals surface area contributed by atoms with Gasteiger partial charge in [-0.3, -0.25) is 9.48 Å². The first kappa shape index (κ1) is 15.7. The quantitative estimate of drug-likeness (QED) is 0.857. The maximum absolute atomic E-state index is 12.6. The van der Waals surface area contributed by atoms with E-state index >= 15 is 0 Å².